The summed E-state index contributed by atoms with van der Waals surface area (Å²) in [5.74, 6) is -0.436. The van der Waals surface area contributed by atoms with Gasteiger partial charge in [-0.25, -0.2) is 0 Å². The highest BCUT2D eigenvalue weighted by Gasteiger charge is 2.27. The van der Waals surface area contributed by atoms with Crippen molar-refractivity contribution in [3.8, 4) is 0 Å². The van der Waals surface area contributed by atoms with Gasteiger partial charge in [0.15, 0.2) is 0 Å². The Hall–Kier alpha value is -1.75. The van der Waals surface area contributed by atoms with Gasteiger partial charge >= 0.3 is 0 Å². The van der Waals surface area contributed by atoms with Crippen LogP contribution in [0.4, 0.5) is 0 Å². The summed E-state index contributed by atoms with van der Waals surface area (Å²) in [6, 6.07) is 11.7. The van der Waals surface area contributed by atoms with Crippen LogP contribution in [0.25, 0.3) is 0 Å². The maximum Gasteiger partial charge on any atom is 0.242 e. The van der Waals surface area contributed by atoms with Gasteiger partial charge in [0.05, 0.1) is 6.42 Å². The standard InChI is InChI=1S/C22H25Cl3N2O2/c1-4-14(2)26-22(29)15(3)27(13-16-8-10-17(23)11-9-16)21(28)12-18-19(24)6-5-7-20(18)25/h5-11,14-15H,4,12-13H2,1-3H3,(H,26,29)/t14-,15+/m1/s1. The predicted molar refractivity (Wildman–Crippen MR) is 120 cm³/mol. The predicted octanol–water partition coefficient (Wildman–Crippen LogP) is 5.52. The molecular formula is C22H25Cl3N2O2. The molecule has 0 unspecified atom stereocenters. The molecule has 2 aromatic carbocycles. The third kappa shape index (κ3) is 6.63. The first kappa shape index (κ1) is 23.5. The number of amides is 2. The topological polar surface area (TPSA) is 49.4 Å². The molecule has 2 rings (SSSR count). The summed E-state index contributed by atoms with van der Waals surface area (Å²) in [5, 5.41) is 4.40. The van der Waals surface area contributed by atoms with Gasteiger partial charge in [-0.1, -0.05) is 59.9 Å². The molecule has 0 spiro atoms. The number of hydrogen-bond donors (Lipinski definition) is 1. The van der Waals surface area contributed by atoms with Crippen LogP contribution in [-0.2, 0) is 22.6 Å². The molecule has 0 heterocycles. The van der Waals surface area contributed by atoms with Crippen molar-refractivity contribution < 1.29 is 9.59 Å². The van der Waals surface area contributed by atoms with Gasteiger partial charge in [-0.2, -0.15) is 0 Å². The summed E-state index contributed by atoms with van der Waals surface area (Å²) in [6.07, 6.45) is 0.811. The summed E-state index contributed by atoms with van der Waals surface area (Å²) < 4.78 is 0. The summed E-state index contributed by atoms with van der Waals surface area (Å²) in [5.41, 5.74) is 1.42. The van der Waals surface area contributed by atoms with E-state index in [0.29, 0.717) is 20.6 Å². The van der Waals surface area contributed by atoms with Crippen LogP contribution in [0.15, 0.2) is 42.5 Å². The quantitative estimate of drug-likeness (QED) is 0.569. The number of halogens is 3. The lowest BCUT2D eigenvalue weighted by atomic mass is 10.1. The van der Waals surface area contributed by atoms with E-state index < -0.39 is 6.04 Å². The molecule has 4 nitrogen and oxygen atoms in total. The third-order valence-corrected chi connectivity index (χ3v) is 5.78. The van der Waals surface area contributed by atoms with Gasteiger partial charge in [-0.05, 0) is 55.7 Å². The average molecular weight is 456 g/mol. The van der Waals surface area contributed by atoms with Crippen LogP contribution in [0.1, 0.15) is 38.3 Å². The first-order valence-electron chi connectivity index (χ1n) is 9.50. The molecule has 0 bridgehead atoms. The molecule has 0 fully saturated rings. The van der Waals surface area contributed by atoms with Gasteiger partial charge in [-0.15, -0.1) is 0 Å². The van der Waals surface area contributed by atoms with E-state index in [-0.39, 0.29) is 30.8 Å². The third-order valence-electron chi connectivity index (χ3n) is 4.82. The number of carbonyl (C=O) groups is 2. The molecule has 0 aromatic heterocycles. The van der Waals surface area contributed by atoms with Crippen LogP contribution >= 0.6 is 34.8 Å². The highest BCUT2D eigenvalue weighted by molar-refractivity contribution is 6.36. The molecule has 7 heteroatoms. The van der Waals surface area contributed by atoms with E-state index in [4.69, 9.17) is 34.8 Å². The lowest BCUT2D eigenvalue weighted by Crippen LogP contribution is -2.49. The lowest BCUT2D eigenvalue weighted by molar-refractivity contribution is -0.140. The molecule has 0 saturated carbocycles. The molecule has 2 aromatic rings. The molecule has 1 N–H and O–H groups in total. The number of nitrogens with one attached hydrogen (secondary N) is 1. The Morgan fingerprint density at radius 2 is 1.59 bits per heavy atom. The number of rotatable bonds is 8. The van der Waals surface area contributed by atoms with E-state index in [2.05, 4.69) is 5.32 Å². The van der Waals surface area contributed by atoms with Crippen molar-refractivity contribution >= 4 is 46.6 Å². The van der Waals surface area contributed by atoms with Crippen molar-refractivity contribution in [1.82, 2.24) is 10.2 Å². The van der Waals surface area contributed by atoms with Gasteiger partial charge in [0, 0.05) is 27.7 Å². The van der Waals surface area contributed by atoms with Crippen molar-refractivity contribution in [2.24, 2.45) is 0 Å². The van der Waals surface area contributed by atoms with Crippen molar-refractivity contribution in [2.45, 2.75) is 52.2 Å². The van der Waals surface area contributed by atoms with Gasteiger partial charge < -0.3 is 10.2 Å². The van der Waals surface area contributed by atoms with Crippen LogP contribution in [0.3, 0.4) is 0 Å². The molecule has 0 aliphatic heterocycles. The van der Waals surface area contributed by atoms with E-state index in [9.17, 15) is 9.59 Å². The summed E-state index contributed by atoms with van der Waals surface area (Å²) in [7, 11) is 0. The zero-order valence-corrected chi connectivity index (χ0v) is 19.0. The monoisotopic (exact) mass is 454 g/mol. The normalized spacial score (nSPS) is 12.9. The maximum absolute atomic E-state index is 13.2. The Balaban J connectivity index is 2.28. The van der Waals surface area contributed by atoms with Gasteiger partial charge in [0.1, 0.15) is 6.04 Å². The molecule has 2 amide bonds. The number of hydrogen-bond acceptors (Lipinski definition) is 2. The fraction of sp³-hybridized carbons (Fsp3) is 0.364. The average Bonchev–Trinajstić information content (AvgIpc) is 2.69. The van der Waals surface area contributed by atoms with Gasteiger partial charge in [-0.3, -0.25) is 9.59 Å². The van der Waals surface area contributed by atoms with Crippen LogP contribution in [-0.4, -0.2) is 28.8 Å². The van der Waals surface area contributed by atoms with Crippen LogP contribution < -0.4 is 5.32 Å². The van der Waals surface area contributed by atoms with Crippen LogP contribution in [0.5, 0.6) is 0 Å². The lowest BCUT2D eigenvalue weighted by Gasteiger charge is -2.30. The smallest absolute Gasteiger partial charge is 0.242 e. The van der Waals surface area contributed by atoms with E-state index >= 15 is 0 Å². The molecule has 0 aliphatic rings. The van der Waals surface area contributed by atoms with E-state index in [1.807, 2.05) is 26.0 Å². The fourth-order valence-electron chi connectivity index (χ4n) is 2.79. The Morgan fingerprint density at radius 1 is 1.00 bits per heavy atom. The Bertz CT molecular complexity index is 835. The Kier molecular flexibility index (Phi) is 8.81. The first-order valence-corrected chi connectivity index (χ1v) is 10.6. The van der Waals surface area contributed by atoms with Gasteiger partial charge in [0.25, 0.3) is 0 Å². The molecule has 0 saturated heterocycles. The summed E-state index contributed by atoms with van der Waals surface area (Å²) in [6.45, 7) is 5.91. The fourth-order valence-corrected chi connectivity index (χ4v) is 3.45. The SMILES string of the molecule is CC[C@@H](C)NC(=O)[C@H](C)N(Cc1ccc(Cl)cc1)C(=O)Cc1c(Cl)cccc1Cl. The van der Waals surface area contributed by atoms with Crippen LogP contribution in [0, 0.1) is 0 Å². The van der Waals surface area contributed by atoms with Crippen LogP contribution in [0.2, 0.25) is 15.1 Å². The zero-order valence-electron chi connectivity index (χ0n) is 16.7. The van der Waals surface area contributed by atoms with E-state index in [0.717, 1.165) is 12.0 Å². The van der Waals surface area contributed by atoms with Crippen molar-refractivity contribution in [3.63, 3.8) is 0 Å². The Morgan fingerprint density at radius 3 is 2.14 bits per heavy atom. The van der Waals surface area contributed by atoms with E-state index in [1.54, 1.807) is 42.2 Å². The largest absolute Gasteiger partial charge is 0.352 e. The first-order chi connectivity index (χ1) is 13.7. The molecule has 0 aliphatic carbocycles. The second kappa shape index (κ2) is 10.9. The number of nitrogens with zero attached hydrogens (tertiary/aromatic N) is 1. The molecule has 156 valence electrons. The highest BCUT2D eigenvalue weighted by atomic mass is 35.5. The summed E-state index contributed by atoms with van der Waals surface area (Å²) in [4.78, 5) is 27.4. The van der Waals surface area contributed by atoms with E-state index in [1.165, 1.54) is 0 Å². The van der Waals surface area contributed by atoms with Crippen molar-refractivity contribution in [1.29, 1.82) is 0 Å². The molecule has 0 radical (unpaired) electrons. The molecule has 2 atom stereocenters. The van der Waals surface area contributed by atoms with Gasteiger partial charge in [0.2, 0.25) is 11.8 Å². The Labute approximate surface area is 187 Å². The number of benzene rings is 2. The van der Waals surface area contributed by atoms with Crippen molar-refractivity contribution in [2.75, 3.05) is 0 Å². The second-order valence-electron chi connectivity index (χ2n) is 7.02. The maximum atomic E-state index is 13.2. The molecular weight excluding hydrogens is 431 g/mol. The minimum atomic E-state index is -0.659. The zero-order chi connectivity index (χ0) is 21.6. The number of carbonyl (C=O) groups excluding carboxylic acids is 2. The van der Waals surface area contributed by atoms with Crippen molar-refractivity contribution in [3.05, 3.63) is 68.7 Å². The molecule has 29 heavy (non-hydrogen) atoms. The minimum Gasteiger partial charge on any atom is -0.352 e. The minimum absolute atomic E-state index is 0.00699. The highest BCUT2D eigenvalue weighted by Crippen LogP contribution is 2.26. The summed E-state index contributed by atoms with van der Waals surface area (Å²) >= 11 is 18.4. The second-order valence-corrected chi connectivity index (χ2v) is 8.27.